The number of aliphatic hydroxyl groups excluding tert-OH is 1. The van der Waals surface area contributed by atoms with Crippen LogP contribution in [-0.2, 0) is 11.3 Å². The first-order valence-corrected chi connectivity index (χ1v) is 6.09. The fourth-order valence-corrected chi connectivity index (χ4v) is 2.39. The topological polar surface area (TPSA) is 96.0 Å². The molecule has 1 aromatic heterocycles. The van der Waals surface area contributed by atoms with E-state index in [9.17, 15) is 9.90 Å². The Hall–Kier alpha value is -1.44. The van der Waals surface area contributed by atoms with Gasteiger partial charge in [-0.3, -0.25) is 4.90 Å². The maximum atomic E-state index is 11.0. The summed E-state index contributed by atoms with van der Waals surface area (Å²) < 4.78 is 10.7. The Morgan fingerprint density at radius 3 is 3.00 bits per heavy atom. The summed E-state index contributed by atoms with van der Waals surface area (Å²) in [7, 11) is 0. The fourth-order valence-electron chi connectivity index (χ4n) is 2.39. The number of aromatic carboxylic acids is 1. The van der Waals surface area contributed by atoms with Crippen LogP contribution in [0.15, 0.2) is 10.7 Å². The Morgan fingerprint density at radius 2 is 2.37 bits per heavy atom. The summed E-state index contributed by atoms with van der Waals surface area (Å²) in [6.07, 6.45) is 0.923. The molecule has 2 N–H and O–H groups in total. The van der Waals surface area contributed by atoms with Crippen LogP contribution in [0.3, 0.4) is 0 Å². The molecule has 7 nitrogen and oxygen atoms in total. The van der Waals surface area contributed by atoms with Gasteiger partial charge in [0.2, 0.25) is 0 Å². The third-order valence-corrected chi connectivity index (χ3v) is 3.00. The summed E-state index contributed by atoms with van der Waals surface area (Å²) >= 11 is 0. The van der Waals surface area contributed by atoms with Crippen molar-refractivity contribution in [3.05, 3.63) is 17.5 Å². The Balaban J connectivity index is 2.09. The second kappa shape index (κ2) is 5.28. The molecule has 19 heavy (non-hydrogen) atoms. The third kappa shape index (κ3) is 3.31. The highest BCUT2D eigenvalue weighted by Crippen LogP contribution is 2.23. The van der Waals surface area contributed by atoms with Gasteiger partial charge in [-0.05, 0) is 13.8 Å². The molecular weight excluding hydrogens is 252 g/mol. The van der Waals surface area contributed by atoms with Crippen LogP contribution >= 0.6 is 0 Å². The third-order valence-electron chi connectivity index (χ3n) is 3.00. The minimum atomic E-state index is -1.05. The van der Waals surface area contributed by atoms with Crippen molar-refractivity contribution in [1.29, 1.82) is 0 Å². The molecule has 2 heterocycles. The zero-order valence-electron chi connectivity index (χ0n) is 11.0. The molecule has 0 radical (unpaired) electrons. The number of morpholine rings is 1. The molecule has 1 saturated heterocycles. The SMILES string of the molecule is CC1(C)CN(Cc2oncc2C(=O)O)CC(CO)O1. The lowest BCUT2D eigenvalue weighted by atomic mass is 10.0. The van der Waals surface area contributed by atoms with Crippen LogP contribution in [0, 0.1) is 0 Å². The number of hydrogen-bond donors (Lipinski definition) is 2. The van der Waals surface area contributed by atoms with Crippen molar-refractivity contribution in [2.45, 2.75) is 32.1 Å². The zero-order chi connectivity index (χ0) is 14.0. The molecular formula is C12H18N2O5. The Bertz CT molecular complexity index is 457. The number of carbonyl (C=O) groups is 1. The quantitative estimate of drug-likeness (QED) is 0.814. The lowest BCUT2D eigenvalue weighted by Gasteiger charge is -2.41. The number of ether oxygens (including phenoxy) is 1. The summed E-state index contributed by atoms with van der Waals surface area (Å²) in [5.41, 5.74) is -0.320. The number of aliphatic hydroxyl groups is 1. The van der Waals surface area contributed by atoms with E-state index in [1.165, 1.54) is 6.20 Å². The van der Waals surface area contributed by atoms with E-state index >= 15 is 0 Å². The van der Waals surface area contributed by atoms with Crippen LogP contribution in [0.4, 0.5) is 0 Å². The van der Waals surface area contributed by atoms with E-state index < -0.39 is 11.6 Å². The molecule has 2 rings (SSSR count). The van der Waals surface area contributed by atoms with Gasteiger partial charge < -0.3 is 19.5 Å². The molecule has 0 aromatic carbocycles. The van der Waals surface area contributed by atoms with Crippen molar-refractivity contribution >= 4 is 5.97 Å². The number of nitrogens with zero attached hydrogens (tertiary/aromatic N) is 2. The first-order chi connectivity index (χ1) is 8.91. The largest absolute Gasteiger partial charge is 0.478 e. The van der Waals surface area contributed by atoms with E-state index in [0.29, 0.717) is 25.4 Å². The number of carboxylic acids is 1. The van der Waals surface area contributed by atoms with Gasteiger partial charge in [0.15, 0.2) is 5.76 Å². The van der Waals surface area contributed by atoms with Gasteiger partial charge in [-0.1, -0.05) is 5.16 Å². The molecule has 7 heteroatoms. The predicted molar refractivity (Wildman–Crippen MR) is 64.8 cm³/mol. The lowest BCUT2D eigenvalue weighted by molar-refractivity contribution is -0.151. The first kappa shape index (κ1) is 14.0. The zero-order valence-corrected chi connectivity index (χ0v) is 11.0. The summed E-state index contributed by atoms with van der Waals surface area (Å²) in [5.74, 6) is -0.732. The molecule has 0 bridgehead atoms. The predicted octanol–water partition coefficient (Wildman–Crippen LogP) is 0.345. The molecule has 106 valence electrons. The van der Waals surface area contributed by atoms with E-state index in [1.54, 1.807) is 0 Å². The number of carboxylic acid groups (broad SMARTS) is 1. The van der Waals surface area contributed by atoms with Crippen LogP contribution in [0.25, 0.3) is 0 Å². The minimum absolute atomic E-state index is 0.0673. The van der Waals surface area contributed by atoms with Crippen LogP contribution in [0.2, 0.25) is 0 Å². The Morgan fingerprint density at radius 1 is 1.63 bits per heavy atom. The average molecular weight is 270 g/mol. The molecule has 0 amide bonds. The van der Waals surface area contributed by atoms with Gasteiger partial charge in [0.25, 0.3) is 0 Å². The van der Waals surface area contributed by atoms with Gasteiger partial charge in [0.1, 0.15) is 5.56 Å². The van der Waals surface area contributed by atoms with Gasteiger partial charge >= 0.3 is 5.97 Å². The number of hydrogen-bond acceptors (Lipinski definition) is 6. The molecule has 1 aliphatic rings. The summed E-state index contributed by atoms with van der Waals surface area (Å²) in [6, 6.07) is 0. The van der Waals surface area contributed by atoms with Gasteiger partial charge in [-0.25, -0.2) is 4.79 Å². The van der Waals surface area contributed by atoms with E-state index in [0.717, 1.165) is 0 Å². The van der Waals surface area contributed by atoms with Crippen LogP contribution in [0.5, 0.6) is 0 Å². The van der Waals surface area contributed by atoms with Crippen molar-refractivity contribution in [1.82, 2.24) is 10.1 Å². The Labute approximate surface area is 110 Å². The molecule has 1 aliphatic heterocycles. The molecule has 1 unspecified atom stereocenters. The van der Waals surface area contributed by atoms with Crippen molar-refractivity contribution in [2.75, 3.05) is 19.7 Å². The molecule has 0 aliphatic carbocycles. The smallest absolute Gasteiger partial charge is 0.341 e. The highest BCUT2D eigenvalue weighted by Gasteiger charge is 2.34. The van der Waals surface area contributed by atoms with E-state index in [1.807, 2.05) is 18.7 Å². The standard InChI is InChI=1S/C12H18N2O5/c1-12(2)7-14(4-8(6-15)18-12)5-10-9(11(16)17)3-13-19-10/h3,8,15H,4-7H2,1-2H3,(H,16,17). The number of rotatable bonds is 4. The fraction of sp³-hybridized carbons (Fsp3) is 0.667. The first-order valence-electron chi connectivity index (χ1n) is 6.09. The van der Waals surface area contributed by atoms with Crippen LogP contribution in [0.1, 0.15) is 30.0 Å². The normalized spacial score (nSPS) is 23.4. The van der Waals surface area contributed by atoms with Gasteiger partial charge in [-0.15, -0.1) is 0 Å². The summed E-state index contributed by atoms with van der Waals surface area (Å²) in [4.78, 5) is 13.0. The molecule has 0 spiro atoms. The van der Waals surface area contributed by atoms with Crippen molar-refractivity contribution in [3.63, 3.8) is 0 Å². The van der Waals surface area contributed by atoms with E-state index in [-0.39, 0.29) is 18.3 Å². The lowest BCUT2D eigenvalue weighted by Crippen LogP contribution is -2.53. The maximum Gasteiger partial charge on any atom is 0.341 e. The van der Waals surface area contributed by atoms with Crippen molar-refractivity contribution in [3.8, 4) is 0 Å². The summed E-state index contributed by atoms with van der Waals surface area (Å²) in [5, 5.41) is 21.8. The van der Waals surface area contributed by atoms with Gasteiger partial charge in [0, 0.05) is 13.1 Å². The van der Waals surface area contributed by atoms with Crippen molar-refractivity contribution in [2.24, 2.45) is 0 Å². The van der Waals surface area contributed by atoms with Crippen molar-refractivity contribution < 1.29 is 24.3 Å². The van der Waals surface area contributed by atoms with Crippen LogP contribution < -0.4 is 0 Å². The van der Waals surface area contributed by atoms with E-state index in [4.69, 9.17) is 14.4 Å². The minimum Gasteiger partial charge on any atom is -0.478 e. The Kier molecular flexibility index (Phi) is 3.88. The molecule has 1 atom stereocenters. The molecule has 0 saturated carbocycles. The maximum absolute atomic E-state index is 11.0. The molecule has 1 aromatic rings. The summed E-state index contributed by atoms with van der Waals surface area (Å²) in [6.45, 7) is 5.29. The van der Waals surface area contributed by atoms with Crippen LogP contribution in [-0.4, -0.2) is 57.6 Å². The molecule has 1 fully saturated rings. The highest BCUT2D eigenvalue weighted by atomic mass is 16.5. The van der Waals surface area contributed by atoms with Gasteiger partial charge in [-0.2, -0.15) is 0 Å². The monoisotopic (exact) mass is 270 g/mol. The number of aromatic nitrogens is 1. The van der Waals surface area contributed by atoms with E-state index in [2.05, 4.69) is 5.16 Å². The second-order valence-corrected chi connectivity index (χ2v) is 5.32. The average Bonchev–Trinajstić information content (AvgIpc) is 2.75. The van der Waals surface area contributed by atoms with Gasteiger partial charge in [0.05, 0.1) is 31.1 Å². The highest BCUT2D eigenvalue weighted by molar-refractivity contribution is 5.88. The second-order valence-electron chi connectivity index (χ2n) is 5.32.